The van der Waals surface area contributed by atoms with Crippen LogP contribution in [0.3, 0.4) is 0 Å². The summed E-state index contributed by atoms with van der Waals surface area (Å²) in [5, 5.41) is 0. The largest absolute Gasteiger partial charge is 0.497 e. The number of ether oxygens (including phenoxy) is 2. The second-order valence-corrected chi connectivity index (χ2v) is 4.35. The molecule has 6 heteroatoms. The average molecular weight is 287 g/mol. The summed E-state index contributed by atoms with van der Waals surface area (Å²) in [7, 11) is 4.73. The number of rotatable bonds is 4. The van der Waals surface area contributed by atoms with E-state index in [9.17, 15) is 4.79 Å². The van der Waals surface area contributed by atoms with Crippen molar-refractivity contribution in [2.75, 3.05) is 31.9 Å². The fourth-order valence-corrected chi connectivity index (χ4v) is 1.96. The highest BCUT2D eigenvalue weighted by Gasteiger charge is 2.17. The van der Waals surface area contributed by atoms with Gasteiger partial charge in [-0.2, -0.15) is 0 Å². The number of hydrogen-bond acceptors (Lipinski definition) is 6. The van der Waals surface area contributed by atoms with Crippen LogP contribution in [0.2, 0.25) is 0 Å². The summed E-state index contributed by atoms with van der Waals surface area (Å²) in [6.45, 7) is 0. The minimum atomic E-state index is -0.491. The van der Waals surface area contributed by atoms with Crippen molar-refractivity contribution in [3.63, 3.8) is 0 Å². The van der Waals surface area contributed by atoms with E-state index in [1.54, 1.807) is 12.0 Å². The highest BCUT2D eigenvalue weighted by Crippen LogP contribution is 2.30. The van der Waals surface area contributed by atoms with E-state index in [0.29, 0.717) is 5.82 Å². The quantitative estimate of drug-likeness (QED) is 0.869. The van der Waals surface area contributed by atoms with E-state index in [2.05, 4.69) is 4.98 Å². The smallest absolute Gasteiger partial charge is 0.340 e. The molecule has 21 heavy (non-hydrogen) atoms. The molecule has 6 nitrogen and oxygen atoms in total. The minimum absolute atomic E-state index is 0.273. The first kappa shape index (κ1) is 14.6. The lowest BCUT2D eigenvalue weighted by molar-refractivity contribution is 0.0602. The van der Waals surface area contributed by atoms with Crippen LogP contribution in [0.15, 0.2) is 36.5 Å². The van der Waals surface area contributed by atoms with Crippen molar-refractivity contribution in [3.05, 3.63) is 42.1 Å². The third-order valence-corrected chi connectivity index (χ3v) is 3.13. The van der Waals surface area contributed by atoms with Gasteiger partial charge < -0.3 is 20.1 Å². The number of methoxy groups -OCH3 is 2. The molecule has 0 spiro atoms. The molecule has 0 aliphatic rings. The van der Waals surface area contributed by atoms with Crippen LogP contribution < -0.4 is 15.4 Å². The summed E-state index contributed by atoms with van der Waals surface area (Å²) in [6.07, 6.45) is 1.52. The molecule has 0 fully saturated rings. The topological polar surface area (TPSA) is 77.7 Å². The van der Waals surface area contributed by atoms with E-state index >= 15 is 0 Å². The molecule has 0 radical (unpaired) electrons. The van der Waals surface area contributed by atoms with Crippen molar-refractivity contribution in [1.29, 1.82) is 0 Å². The molecule has 1 aromatic heterocycles. The number of hydrogen-bond donors (Lipinski definition) is 1. The number of nitrogens with two attached hydrogens (primary N) is 1. The zero-order chi connectivity index (χ0) is 15.4. The third kappa shape index (κ3) is 2.89. The molecule has 1 aromatic carbocycles. The standard InChI is InChI=1S/C15H17N3O3/c1-18(10-5-4-6-11(9-10)20-2)14-13(16)12(7-8-17-14)15(19)21-3/h4-9H,16H2,1-3H3. The van der Waals surface area contributed by atoms with Crippen molar-refractivity contribution >= 4 is 23.2 Å². The Labute approximate surface area is 123 Å². The van der Waals surface area contributed by atoms with E-state index in [0.717, 1.165) is 11.4 Å². The third-order valence-electron chi connectivity index (χ3n) is 3.13. The zero-order valence-corrected chi connectivity index (χ0v) is 12.2. The van der Waals surface area contributed by atoms with Gasteiger partial charge in [0.15, 0.2) is 5.82 Å². The maximum absolute atomic E-state index is 11.7. The highest BCUT2D eigenvalue weighted by atomic mass is 16.5. The van der Waals surface area contributed by atoms with Crippen molar-refractivity contribution in [2.24, 2.45) is 0 Å². The van der Waals surface area contributed by atoms with Crippen LogP contribution in [0, 0.1) is 0 Å². The van der Waals surface area contributed by atoms with Gasteiger partial charge >= 0.3 is 5.97 Å². The Morgan fingerprint density at radius 3 is 2.71 bits per heavy atom. The second-order valence-electron chi connectivity index (χ2n) is 4.35. The van der Waals surface area contributed by atoms with Crippen LogP contribution in [-0.4, -0.2) is 32.2 Å². The maximum atomic E-state index is 11.7. The molecule has 0 aliphatic carbocycles. The molecule has 2 rings (SSSR count). The summed E-state index contributed by atoms with van der Waals surface area (Å²) in [6, 6.07) is 8.99. The summed E-state index contributed by atoms with van der Waals surface area (Å²) in [4.78, 5) is 17.7. The Bertz CT molecular complexity index is 658. The van der Waals surface area contributed by atoms with E-state index in [4.69, 9.17) is 15.2 Å². The molecule has 1 heterocycles. The lowest BCUT2D eigenvalue weighted by Gasteiger charge is -2.21. The number of nitrogen functional groups attached to an aromatic ring is 1. The molecule has 0 saturated heterocycles. The van der Waals surface area contributed by atoms with E-state index in [1.807, 2.05) is 31.3 Å². The van der Waals surface area contributed by atoms with Crippen molar-refractivity contribution in [1.82, 2.24) is 4.98 Å². The van der Waals surface area contributed by atoms with Gasteiger partial charge in [0.25, 0.3) is 0 Å². The number of anilines is 3. The Morgan fingerprint density at radius 2 is 2.05 bits per heavy atom. The predicted octanol–water partition coefficient (Wildman–Crippen LogP) is 2.23. The predicted molar refractivity (Wildman–Crippen MR) is 81.0 cm³/mol. The Hall–Kier alpha value is -2.76. The Balaban J connectivity index is 2.43. The van der Waals surface area contributed by atoms with Gasteiger partial charge in [0.05, 0.1) is 25.5 Å². The number of carbonyl (C=O) groups excluding carboxylic acids is 1. The maximum Gasteiger partial charge on any atom is 0.340 e. The molecule has 0 saturated carbocycles. The fraction of sp³-hybridized carbons (Fsp3) is 0.200. The summed E-state index contributed by atoms with van der Waals surface area (Å²) in [5.41, 5.74) is 7.44. The first-order valence-corrected chi connectivity index (χ1v) is 6.29. The van der Waals surface area contributed by atoms with Crippen molar-refractivity contribution in [2.45, 2.75) is 0 Å². The first-order chi connectivity index (χ1) is 10.1. The van der Waals surface area contributed by atoms with Gasteiger partial charge in [0, 0.05) is 25.0 Å². The van der Waals surface area contributed by atoms with Gasteiger partial charge in [-0.25, -0.2) is 9.78 Å². The van der Waals surface area contributed by atoms with Crippen LogP contribution in [0.25, 0.3) is 0 Å². The number of nitrogens with zero attached hydrogens (tertiary/aromatic N) is 2. The van der Waals surface area contributed by atoms with E-state index < -0.39 is 5.97 Å². The lowest BCUT2D eigenvalue weighted by Crippen LogP contribution is -2.16. The molecule has 110 valence electrons. The number of esters is 1. The molecule has 0 aliphatic heterocycles. The van der Waals surface area contributed by atoms with Gasteiger partial charge in [-0.05, 0) is 18.2 Å². The Morgan fingerprint density at radius 1 is 1.29 bits per heavy atom. The number of benzene rings is 1. The highest BCUT2D eigenvalue weighted by molar-refractivity contribution is 5.98. The molecule has 0 bridgehead atoms. The number of carbonyl (C=O) groups is 1. The van der Waals surface area contributed by atoms with E-state index in [-0.39, 0.29) is 11.3 Å². The number of aromatic nitrogens is 1. The Kier molecular flexibility index (Phi) is 4.27. The molecular formula is C15H17N3O3. The molecule has 0 amide bonds. The molecule has 0 unspecified atom stereocenters. The van der Waals surface area contributed by atoms with Crippen LogP contribution >= 0.6 is 0 Å². The van der Waals surface area contributed by atoms with Gasteiger partial charge in [-0.1, -0.05) is 6.07 Å². The number of pyridine rings is 1. The lowest BCUT2D eigenvalue weighted by atomic mass is 10.2. The molecule has 0 atom stereocenters. The van der Waals surface area contributed by atoms with Crippen LogP contribution in [0.4, 0.5) is 17.2 Å². The zero-order valence-electron chi connectivity index (χ0n) is 12.2. The SMILES string of the molecule is COC(=O)c1ccnc(N(C)c2cccc(OC)c2)c1N. The van der Waals surface area contributed by atoms with E-state index in [1.165, 1.54) is 19.4 Å². The monoisotopic (exact) mass is 287 g/mol. The summed E-state index contributed by atoms with van der Waals surface area (Å²) in [5.74, 6) is 0.711. The normalized spacial score (nSPS) is 10.0. The van der Waals surface area contributed by atoms with Gasteiger partial charge in [-0.3, -0.25) is 0 Å². The van der Waals surface area contributed by atoms with Crippen LogP contribution in [0.1, 0.15) is 10.4 Å². The van der Waals surface area contributed by atoms with Crippen LogP contribution in [-0.2, 0) is 4.74 Å². The van der Waals surface area contributed by atoms with Crippen molar-refractivity contribution < 1.29 is 14.3 Å². The minimum Gasteiger partial charge on any atom is -0.497 e. The molecular weight excluding hydrogens is 270 g/mol. The van der Waals surface area contributed by atoms with Gasteiger partial charge in [0.1, 0.15) is 5.75 Å². The first-order valence-electron chi connectivity index (χ1n) is 6.29. The molecule has 2 N–H and O–H groups in total. The summed E-state index contributed by atoms with van der Waals surface area (Å²) >= 11 is 0. The second kappa shape index (κ2) is 6.13. The van der Waals surface area contributed by atoms with Gasteiger partial charge in [-0.15, -0.1) is 0 Å². The average Bonchev–Trinajstić information content (AvgIpc) is 2.53. The van der Waals surface area contributed by atoms with Gasteiger partial charge in [0.2, 0.25) is 0 Å². The van der Waals surface area contributed by atoms with Crippen molar-refractivity contribution in [3.8, 4) is 5.75 Å². The summed E-state index contributed by atoms with van der Waals surface area (Å²) < 4.78 is 9.91. The molecule has 2 aromatic rings. The van der Waals surface area contributed by atoms with Crippen LogP contribution in [0.5, 0.6) is 5.75 Å². The fourth-order valence-electron chi connectivity index (χ4n) is 1.96.